The Morgan fingerprint density at radius 3 is 2.61 bits per heavy atom. The molecule has 1 heterocycles. The van der Waals surface area contributed by atoms with Crippen molar-refractivity contribution in [1.29, 1.82) is 0 Å². The molecule has 1 aromatic carbocycles. The van der Waals surface area contributed by atoms with Gasteiger partial charge in [0.1, 0.15) is 0 Å². The molecule has 0 saturated carbocycles. The molecule has 0 bridgehead atoms. The highest BCUT2D eigenvalue weighted by atomic mass is 19.4. The predicted molar refractivity (Wildman–Crippen MR) is 82.2 cm³/mol. The van der Waals surface area contributed by atoms with E-state index in [2.05, 4.69) is 10.2 Å². The van der Waals surface area contributed by atoms with Crippen molar-refractivity contribution in [2.75, 3.05) is 34.2 Å². The van der Waals surface area contributed by atoms with Crippen LogP contribution in [0.25, 0.3) is 0 Å². The van der Waals surface area contributed by atoms with Crippen molar-refractivity contribution in [1.82, 2.24) is 15.1 Å². The van der Waals surface area contributed by atoms with E-state index in [0.717, 1.165) is 25.6 Å². The second-order valence-electron chi connectivity index (χ2n) is 6.09. The van der Waals surface area contributed by atoms with Gasteiger partial charge in [0.05, 0.1) is 5.56 Å². The Balaban J connectivity index is 2.23. The summed E-state index contributed by atoms with van der Waals surface area (Å²) in [7, 11) is 5.36. The normalized spacial score (nSPS) is 19.3. The van der Waals surface area contributed by atoms with Gasteiger partial charge in [-0.15, -0.1) is 0 Å². The van der Waals surface area contributed by atoms with Crippen LogP contribution in [0, 0.1) is 0 Å². The number of rotatable bonds is 4. The fourth-order valence-corrected chi connectivity index (χ4v) is 2.88. The predicted octanol–water partition coefficient (Wildman–Crippen LogP) is 2.20. The Kier molecular flexibility index (Phi) is 5.31. The molecule has 0 spiro atoms. The van der Waals surface area contributed by atoms with Gasteiger partial charge >= 0.3 is 6.18 Å². The SMILES string of the molecule is CNC(=O)c1ccc(CN2CC[C@H](N(C)C)C2)c(C(F)(F)F)c1. The average Bonchev–Trinajstić information content (AvgIpc) is 2.94. The lowest BCUT2D eigenvalue weighted by atomic mass is 10.0. The van der Waals surface area contributed by atoms with Crippen LogP contribution < -0.4 is 5.32 Å². The number of amides is 1. The second kappa shape index (κ2) is 6.88. The van der Waals surface area contributed by atoms with Gasteiger partial charge in [-0.25, -0.2) is 0 Å². The minimum Gasteiger partial charge on any atom is -0.355 e. The lowest BCUT2D eigenvalue weighted by Gasteiger charge is -2.22. The molecule has 23 heavy (non-hydrogen) atoms. The molecule has 128 valence electrons. The number of hydrogen-bond donors (Lipinski definition) is 1. The summed E-state index contributed by atoms with van der Waals surface area (Å²) in [5.74, 6) is -0.518. The molecule has 1 fully saturated rings. The molecule has 1 N–H and O–H groups in total. The Labute approximate surface area is 134 Å². The van der Waals surface area contributed by atoms with Gasteiger partial charge in [0.25, 0.3) is 5.91 Å². The van der Waals surface area contributed by atoms with Crippen LogP contribution >= 0.6 is 0 Å². The third kappa shape index (κ3) is 4.23. The zero-order chi connectivity index (χ0) is 17.2. The molecule has 0 radical (unpaired) electrons. The summed E-state index contributed by atoms with van der Waals surface area (Å²) in [6, 6.07) is 4.17. The summed E-state index contributed by atoms with van der Waals surface area (Å²) in [6.07, 6.45) is -3.52. The molecule has 1 saturated heterocycles. The van der Waals surface area contributed by atoms with Crippen molar-refractivity contribution in [3.63, 3.8) is 0 Å². The van der Waals surface area contributed by atoms with E-state index in [4.69, 9.17) is 0 Å². The van der Waals surface area contributed by atoms with Crippen molar-refractivity contribution in [3.8, 4) is 0 Å². The van der Waals surface area contributed by atoms with Gasteiger partial charge in [0, 0.05) is 38.3 Å². The highest BCUT2D eigenvalue weighted by Crippen LogP contribution is 2.34. The highest BCUT2D eigenvalue weighted by Gasteiger charge is 2.35. The first-order chi connectivity index (χ1) is 10.7. The molecular formula is C16H22F3N3O. The quantitative estimate of drug-likeness (QED) is 0.920. The minimum atomic E-state index is -4.47. The van der Waals surface area contributed by atoms with Gasteiger partial charge in [0.2, 0.25) is 0 Å². The van der Waals surface area contributed by atoms with Crippen LogP contribution in [0.5, 0.6) is 0 Å². The molecule has 1 aliphatic heterocycles. The summed E-state index contributed by atoms with van der Waals surface area (Å²) in [5.41, 5.74) is -0.493. The maximum Gasteiger partial charge on any atom is 0.416 e. The number of halogens is 3. The maximum atomic E-state index is 13.3. The van der Waals surface area contributed by atoms with E-state index >= 15 is 0 Å². The van der Waals surface area contributed by atoms with Crippen LogP contribution in [0.1, 0.15) is 27.9 Å². The van der Waals surface area contributed by atoms with E-state index in [1.807, 2.05) is 19.0 Å². The van der Waals surface area contributed by atoms with Gasteiger partial charge in [-0.05, 0) is 38.2 Å². The first kappa shape index (κ1) is 17.7. The number of hydrogen-bond acceptors (Lipinski definition) is 3. The smallest absolute Gasteiger partial charge is 0.355 e. The lowest BCUT2D eigenvalue weighted by Crippen LogP contribution is -2.31. The average molecular weight is 329 g/mol. The number of carbonyl (C=O) groups excluding carboxylic acids is 1. The third-order valence-corrected chi connectivity index (χ3v) is 4.28. The zero-order valence-corrected chi connectivity index (χ0v) is 13.6. The molecule has 1 atom stereocenters. The highest BCUT2D eigenvalue weighted by molar-refractivity contribution is 5.94. The number of likely N-dealkylation sites (N-methyl/N-ethyl adjacent to an activating group) is 1. The van der Waals surface area contributed by atoms with Crippen molar-refractivity contribution in [2.24, 2.45) is 0 Å². The number of nitrogens with one attached hydrogen (secondary N) is 1. The van der Waals surface area contributed by atoms with Crippen molar-refractivity contribution >= 4 is 5.91 Å². The summed E-state index contributed by atoms with van der Waals surface area (Å²) in [5, 5.41) is 2.35. The zero-order valence-electron chi connectivity index (χ0n) is 13.6. The summed E-state index contributed by atoms with van der Waals surface area (Å²) < 4.78 is 39.9. The van der Waals surface area contributed by atoms with Crippen molar-refractivity contribution < 1.29 is 18.0 Å². The fourth-order valence-electron chi connectivity index (χ4n) is 2.88. The van der Waals surface area contributed by atoms with E-state index in [1.165, 1.54) is 19.2 Å². The number of likely N-dealkylation sites (tertiary alicyclic amines) is 1. The second-order valence-corrected chi connectivity index (χ2v) is 6.09. The molecular weight excluding hydrogens is 307 g/mol. The van der Waals surface area contributed by atoms with E-state index in [9.17, 15) is 18.0 Å². The van der Waals surface area contributed by atoms with Crippen LogP contribution in [-0.4, -0.2) is 56.0 Å². The van der Waals surface area contributed by atoms with Gasteiger partial charge in [-0.3, -0.25) is 9.69 Å². The van der Waals surface area contributed by atoms with Crippen LogP contribution in [0.3, 0.4) is 0 Å². The van der Waals surface area contributed by atoms with Crippen LogP contribution in [0.4, 0.5) is 13.2 Å². The van der Waals surface area contributed by atoms with E-state index in [1.54, 1.807) is 0 Å². The van der Waals surface area contributed by atoms with E-state index in [0.29, 0.717) is 6.04 Å². The van der Waals surface area contributed by atoms with Crippen LogP contribution in [0.2, 0.25) is 0 Å². The Morgan fingerprint density at radius 2 is 2.09 bits per heavy atom. The molecule has 0 aromatic heterocycles. The Morgan fingerprint density at radius 1 is 1.39 bits per heavy atom. The number of benzene rings is 1. The minimum absolute atomic E-state index is 0.0242. The van der Waals surface area contributed by atoms with Gasteiger partial charge in [-0.1, -0.05) is 6.07 Å². The first-order valence-corrected chi connectivity index (χ1v) is 7.53. The summed E-state index contributed by atoms with van der Waals surface area (Å²) in [6.45, 7) is 1.77. The molecule has 1 amide bonds. The summed E-state index contributed by atoms with van der Waals surface area (Å²) >= 11 is 0. The van der Waals surface area contributed by atoms with E-state index < -0.39 is 17.6 Å². The number of carbonyl (C=O) groups is 1. The molecule has 0 aliphatic carbocycles. The van der Waals surface area contributed by atoms with Crippen molar-refractivity contribution in [3.05, 3.63) is 34.9 Å². The number of alkyl halides is 3. The lowest BCUT2D eigenvalue weighted by molar-refractivity contribution is -0.138. The monoisotopic (exact) mass is 329 g/mol. The fraction of sp³-hybridized carbons (Fsp3) is 0.562. The Bertz CT molecular complexity index is 572. The third-order valence-electron chi connectivity index (χ3n) is 4.28. The maximum absolute atomic E-state index is 13.3. The molecule has 1 aliphatic rings. The van der Waals surface area contributed by atoms with Crippen LogP contribution in [-0.2, 0) is 12.7 Å². The Hall–Kier alpha value is -1.60. The van der Waals surface area contributed by atoms with Crippen molar-refractivity contribution in [2.45, 2.75) is 25.2 Å². The van der Waals surface area contributed by atoms with Gasteiger partial charge in [-0.2, -0.15) is 13.2 Å². The first-order valence-electron chi connectivity index (χ1n) is 7.53. The molecule has 1 aromatic rings. The summed E-state index contributed by atoms with van der Waals surface area (Å²) in [4.78, 5) is 15.7. The molecule has 7 heteroatoms. The standard InChI is InChI=1S/C16H22F3N3O/c1-20-15(23)11-4-5-12(14(8-11)16(17,18)19)9-22-7-6-13(10-22)21(2)3/h4-5,8,13H,6-7,9-10H2,1-3H3,(H,20,23)/t13-/m0/s1. The number of nitrogens with zero attached hydrogens (tertiary/aromatic N) is 2. The topological polar surface area (TPSA) is 35.6 Å². The van der Waals surface area contributed by atoms with Crippen LogP contribution in [0.15, 0.2) is 18.2 Å². The molecule has 2 rings (SSSR count). The van der Waals surface area contributed by atoms with E-state index in [-0.39, 0.29) is 17.7 Å². The largest absolute Gasteiger partial charge is 0.416 e. The molecule has 0 unspecified atom stereocenters. The van der Waals surface area contributed by atoms with Gasteiger partial charge < -0.3 is 10.2 Å². The molecule has 4 nitrogen and oxygen atoms in total. The van der Waals surface area contributed by atoms with Gasteiger partial charge in [0.15, 0.2) is 0 Å².